The normalized spacial score (nSPS) is 12.6. The van der Waals surface area contributed by atoms with E-state index in [1.807, 2.05) is 43.3 Å². The molecular weight excluding hydrogens is 366 g/mol. The first-order valence-corrected chi connectivity index (χ1v) is 9.32. The van der Waals surface area contributed by atoms with Gasteiger partial charge in [-0.3, -0.25) is 4.79 Å². The van der Waals surface area contributed by atoms with Crippen LogP contribution < -0.4 is 4.74 Å². The maximum Gasteiger partial charge on any atom is 0.331 e. The summed E-state index contributed by atoms with van der Waals surface area (Å²) in [5.41, 5.74) is 1.76. The van der Waals surface area contributed by atoms with Gasteiger partial charge < -0.3 is 14.7 Å². The molecule has 0 saturated carbocycles. The minimum Gasteiger partial charge on any atom is -0.497 e. The lowest BCUT2D eigenvalue weighted by molar-refractivity contribution is -0.143. The van der Waals surface area contributed by atoms with Crippen LogP contribution in [0, 0.1) is 0 Å². The highest BCUT2D eigenvalue weighted by Crippen LogP contribution is 2.33. The highest BCUT2D eigenvalue weighted by Gasteiger charge is 2.35. The van der Waals surface area contributed by atoms with E-state index in [0.29, 0.717) is 16.9 Å². The van der Waals surface area contributed by atoms with Crippen LogP contribution in [0.15, 0.2) is 84.9 Å². The monoisotopic (exact) mass is 389 g/mol. The Labute approximate surface area is 170 Å². The summed E-state index contributed by atoms with van der Waals surface area (Å²) < 4.78 is 5.30. The molecule has 0 heterocycles. The maximum atomic E-state index is 13.5. The number of ether oxygens (including phenoxy) is 1. The summed E-state index contributed by atoms with van der Waals surface area (Å²) in [6, 6.07) is 23.2. The van der Waals surface area contributed by atoms with E-state index in [-0.39, 0.29) is 5.91 Å². The van der Waals surface area contributed by atoms with Crippen molar-refractivity contribution >= 4 is 11.9 Å². The van der Waals surface area contributed by atoms with Crippen molar-refractivity contribution < 1.29 is 19.4 Å². The molecular formula is C24H23NO4. The Hall–Kier alpha value is -3.60. The molecule has 3 rings (SSSR count). The molecule has 3 aromatic rings. The molecule has 5 nitrogen and oxygen atoms in total. The summed E-state index contributed by atoms with van der Waals surface area (Å²) in [6.07, 6.45) is 0. The van der Waals surface area contributed by atoms with Crippen LogP contribution in [0.5, 0.6) is 5.75 Å². The molecule has 5 heteroatoms. The Balaban J connectivity index is 2.12. The number of carbonyl (C=O) groups excluding carboxylic acids is 1. The second-order valence-corrected chi connectivity index (χ2v) is 6.68. The third kappa shape index (κ3) is 4.46. The van der Waals surface area contributed by atoms with Crippen LogP contribution in [0.25, 0.3) is 0 Å². The predicted molar refractivity (Wildman–Crippen MR) is 111 cm³/mol. The van der Waals surface area contributed by atoms with E-state index >= 15 is 0 Å². The Morgan fingerprint density at radius 1 is 0.862 bits per heavy atom. The van der Waals surface area contributed by atoms with Crippen molar-refractivity contribution in [1.29, 1.82) is 0 Å². The number of hydrogen-bond donors (Lipinski definition) is 1. The van der Waals surface area contributed by atoms with Gasteiger partial charge in [0.05, 0.1) is 13.2 Å². The van der Waals surface area contributed by atoms with Gasteiger partial charge in [-0.2, -0.15) is 0 Å². The lowest BCUT2D eigenvalue weighted by atomic mass is 9.98. The van der Waals surface area contributed by atoms with Crippen molar-refractivity contribution in [2.45, 2.75) is 19.0 Å². The molecule has 2 atom stereocenters. The molecule has 0 unspecified atom stereocenters. The molecule has 0 radical (unpaired) electrons. The summed E-state index contributed by atoms with van der Waals surface area (Å²) in [6.45, 7) is 1.83. The van der Waals surface area contributed by atoms with E-state index in [1.54, 1.807) is 55.6 Å². The van der Waals surface area contributed by atoms with Gasteiger partial charge in [-0.1, -0.05) is 60.7 Å². The number of rotatable bonds is 7. The first-order chi connectivity index (χ1) is 14.0. The van der Waals surface area contributed by atoms with Gasteiger partial charge in [0.15, 0.2) is 6.04 Å². The predicted octanol–water partition coefficient (Wildman–Crippen LogP) is 4.72. The standard InChI is InChI=1S/C24H23NO4/c1-17(20-14-9-15-21(16-20)29-2)25(23(26)19-12-7-4-8-13-19)22(24(27)28)18-10-5-3-6-11-18/h3-17,22H,1-2H3,(H,27,28)/t17-,22-/m1/s1. The lowest BCUT2D eigenvalue weighted by Crippen LogP contribution is -2.40. The van der Waals surface area contributed by atoms with Gasteiger partial charge in [0.2, 0.25) is 0 Å². The number of nitrogens with zero attached hydrogens (tertiary/aromatic N) is 1. The summed E-state index contributed by atoms with van der Waals surface area (Å²) in [5.74, 6) is -0.791. The first-order valence-electron chi connectivity index (χ1n) is 9.32. The number of carbonyl (C=O) groups is 2. The van der Waals surface area contributed by atoms with Crippen LogP contribution in [0.1, 0.15) is 40.5 Å². The summed E-state index contributed by atoms with van der Waals surface area (Å²) in [5, 5.41) is 10.1. The Bertz CT molecular complexity index is 972. The average molecular weight is 389 g/mol. The van der Waals surface area contributed by atoms with Gasteiger partial charge in [0.1, 0.15) is 5.75 Å². The number of methoxy groups -OCH3 is 1. The molecule has 1 amide bonds. The third-order valence-corrected chi connectivity index (χ3v) is 4.88. The number of aliphatic carboxylic acids is 1. The van der Waals surface area contributed by atoms with Gasteiger partial charge in [0.25, 0.3) is 5.91 Å². The topological polar surface area (TPSA) is 66.8 Å². The van der Waals surface area contributed by atoms with Gasteiger partial charge in [-0.25, -0.2) is 4.79 Å². The zero-order valence-electron chi connectivity index (χ0n) is 16.4. The quantitative estimate of drug-likeness (QED) is 0.635. The Kier molecular flexibility index (Phi) is 6.29. The highest BCUT2D eigenvalue weighted by molar-refractivity contribution is 5.97. The average Bonchev–Trinajstić information content (AvgIpc) is 2.77. The highest BCUT2D eigenvalue weighted by atomic mass is 16.5. The van der Waals surface area contributed by atoms with Crippen LogP contribution >= 0.6 is 0 Å². The van der Waals surface area contributed by atoms with Crippen molar-refractivity contribution in [3.63, 3.8) is 0 Å². The smallest absolute Gasteiger partial charge is 0.331 e. The number of carboxylic acids is 1. The zero-order chi connectivity index (χ0) is 20.8. The maximum absolute atomic E-state index is 13.5. The van der Waals surface area contributed by atoms with Crippen molar-refractivity contribution in [1.82, 2.24) is 4.90 Å². The largest absolute Gasteiger partial charge is 0.497 e. The van der Waals surface area contributed by atoms with Gasteiger partial charge >= 0.3 is 5.97 Å². The van der Waals surface area contributed by atoms with Crippen LogP contribution in [-0.4, -0.2) is 29.0 Å². The lowest BCUT2D eigenvalue weighted by Gasteiger charge is -2.35. The van der Waals surface area contributed by atoms with E-state index in [9.17, 15) is 14.7 Å². The van der Waals surface area contributed by atoms with E-state index in [1.165, 1.54) is 4.90 Å². The molecule has 0 spiro atoms. The molecule has 148 valence electrons. The van der Waals surface area contributed by atoms with Crippen molar-refractivity contribution in [3.05, 3.63) is 102 Å². The summed E-state index contributed by atoms with van der Waals surface area (Å²) >= 11 is 0. The first kappa shape index (κ1) is 20.1. The molecule has 0 bridgehead atoms. The van der Waals surface area contributed by atoms with E-state index < -0.39 is 18.1 Å². The molecule has 1 N–H and O–H groups in total. The van der Waals surface area contributed by atoms with Crippen molar-refractivity contribution in [3.8, 4) is 5.75 Å². The van der Waals surface area contributed by atoms with Crippen LogP contribution in [0.2, 0.25) is 0 Å². The Morgan fingerprint density at radius 3 is 2.03 bits per heavy atom. The third-order valence-electron chi connectivity index (χ3n) is 4.88. The van der Waals surface area contributed by atoms with E-state index in [2.05, 4.69) is 0 Å². The minimum atomic E-state index is -1.13. The van der Waals surface area contributed by atoms with E-state index in [4.69, 9.17) is 4.74 Å². The summed E-state index contributed by atoms with van der Waals surface area (Å²) in [7, 11) is 1.57. The van der Waals surface area contributed by atoms with Crippen LogP contribution in [-0.2, 0) is 4.79 Å². The molecule has 29 heavy (non-hydrogen) atoms. The number of amides is 1. The number of carboxylic acid groups (broad SMARTS) is 1. The van der Waals surface area contributed by atoms with E-state index in [0.717, 1.165) is 5.56 Å². The molecule has 0 fully saturated rings. The van der Waals surface area contributed by atoms with Crippen LogP contribution in [0.4, 0.5) is 0 Å². The second-order valence-electron chi connectivity index (χ2n) is 6.68. The fourth-order valence-electron chi connectivity index (χ4n) is 3.37. The molecule has 0 aliphatic rings. The SMILES string of the molecule is COc1cccc([C@@H](C)N(C(=O)c2ccccc2)[C@@H](C(=O)O)c2ccccc2)c1. The van der Waals surface area contributed by atoms with Gasteiger partial charge in [0, 0.05) is 5.56 Å². The number of hydrogen-bond acceptors (Lipinski definition) is 3. The number of benzene rings is 3. The molecule has 0 saturated heterocycles. The fraction of sp³-hybridized carbons (Fsp3) is 0.167. The Morgan fingerprint density at radius 2 is 1.45 bits per heavy atom. The molecule has 0 aliphatic heterocycles. The molecule has 0 aromatic heterocycles. The van der Waals surface area contributed by atoms with Gasteiger partial charge in [-0.15, -0.1) is 0 Å². The van der Waals surface area contributed by atoms with Crippen molar-refractivity contribution in [2.75, 3.05) is 7.11 Å². The molecule has 3 aromatic carbocycles. The second kappa shape index (κ2) is 9.06. The zero-order valence-corrected chi connectivity index (χ0v) is 16.4. The summed E-state index contributed by atoms with van der Waals surface area (Å²) in [4.78, 5) is 27.2. The van der Waals surface area contributed by atoms with Crippen molar-refractivity contribution in [2.24, 2.45) is 0 Å². The minimum absolute atomic E-state index is 0.350. The van der Waals surface area contributed by atoms with Gasteiger partial charge in [-0.05, 0) is 42.3 Å². The van der Waals surface area contributed by atoms with Crippen LogP contribution in [0.3, 0.4) is 0 Å². The fourth-order valence-corrected chi connectivity index (χ4v) is 3.37. The molecule has 0 aliphatic carbocycles.